The molecular weight excluding hydrogens is 244 g/mol. The van der Waals surface area contributed by atoms with Crippen molar-refractivity contribution in [2.24, 2.45) is 0 Å². The number of carbonyl (C=O) groups is 2. The molecule has 0 aromatic carbocycles. The molecule has 2 rings (SSSR count). The van der Waals surface area contributed by atoms with E-state index in [9.17, 15) is 9.59 Å². The Morgan fingerprint density at radius 2 is 2.00 bits per heavy atom. The zero-order valence-electron chi connectivity index (χ0n) is 11.4. The van der Waals surface area contributed by atoms with Gasteiger partial charge >= 0.3 is 0 Å². The molecule has 19 heavy (non-hydrogen) atoms. The largest absolute Gasteiger partial charge is 0.342 e. The standard InChI is InChI=1S/C13H18N4O2/c1-9-7-11(18)16-13(2,3)12(19)17(9)8-10-14-5-4-6-15-10/h4-6,9H,7-8H2,1-3H3,(H,16,18). The molecule has 1 aliphatic heterocycles. The van der Waals surface area contributed by atoms with Crippen molar-refractivity contribution < 1.29 is 9.59 Å². The maximum Gasteiger partial charge on any atom is 0.248 e. The summed E-state index contributed by atoms with van der Waals surface area (Å²) in [6.07, 6.45) is 3.58. The average molecular weight is 262 g/mol. The molecule has 0 radical (unpaired) electrons. The fourth-order valence-electron chi connectivity index (χ4n) is 2.18. The lowest BCUT2D eigenvalue weighted by Gasteiger charge is -2.31. The van der Waals surface area contributed by atoms with Crippen LogP contribution in [0.3, 0.4) is 0 Å². The van der Waals surface area contributed by atoms with Crippen LogP contribution in [0, 0.1) is 0 Å². The quantitative estimate of drug-likeness (QED) is 0.841. The van der Waals surface area contributed by atoms with Crippen molar-refractivity contribution >= 4 is 11.8 Å². The smallest absolute Gasteiger partial charge is 0.248 e. The molecule has 6 nitrogen and oxygen atoms in total. The Labute approximate surface area is 112 Å². The van der Waals surface area contributed by atoms with Gasteiger partial charge in [-0.05, 0) is 26.8 Å². The van der Waals surface area contributed by atoms with Crippen molar-refractivity contribution in [2.45, 2.75) is 45.3 Å². The third kappa shape index (κ3) is 2.89. The van der Waals surface area contributed by atoms with Crippen LogP contribution >= 0.6 is 0 Å². The highest BCUT2D eigenvalue weighted by Gasteiger charge is 2.39. The van der Waals surface area contributed by atoms with Gasteiger partial charge in [0.05, 0.1) is 6.54 Å². The molecule has 102 valence electrons. The molecule has 1 fully saturated rings. The van der Waals surface area contributed by atoms with Crippen molar-refractivity contribution in [3.8, 4) is 0 Å². The van der Waals surface area contributed by atoms with E-state index in [1.165, 1.54) is 0 Å². The lowest BCUT2D eigenvalue weighted by Crippen LogP contribution is -2.53. The fraction of sp³-hybridized carbons (Fsp3) is 0.538. The monoisotopic (exact) mass is 262 g/mol. The van der Waals surface area contributed by atoms with Crippen LogP contribution < -0.4 is 5.32 Å². The Morgan fingerprint density at radius 1 is 1.37 bits per heavy atom. The number of rotatable bonds is 2. The normalized spacial score (nSPS) is 22.9. The van der Waals surface area contributed by atoms with E-state index >= 15 is 0 Å². The highest BCUT2D eigenvalue weighted by atomic mass is 16.2. The molecule has 0 bridgehead atoms. The van der Waals surface area contributed by atoms with Crippen LogP contribution in [0.25, 0.3) is 0 Å². The predicted molar refractivity (Wildman–Crippen MR) is 68.9 cm³/mol. The zero-order chi connectivity index (χ0) is 14.0. The van der Waals surface area contributed by atoms with E-state index < -0.39 is 5.54 Å². The summed E-state index contributed by atoms with van der Waals surface area (Å²) in [6, 6.07) is 1.56. The molecule has 0 aliphatic carbocycles. The summed E-state index contributed by atoms with van der Waals surface area (Å²) in [5.74, 6) is 0.355. The van der Waals surface area contributed by atoms with Gasteiger partial charge in [0, 0.05) is 24.9 Å². The summed E-state index contributed by atoms with van der Waals surface area (Å²) in [5, 5.41) is 2.74. The van der Waals surface area contributed by atoms with Gasteiger partial charge in [0.15, 0.2) is 0 Å². The Balaban J connectivity index is 2.26. The van der Waals surface area contributed by atoms with E-state index in [0.717, 1.165) is 0 Å². The lowest BCUT2D eigenvalue weighted by atomic mass is 10.0. The number of nitrogens with zero attached hydrogens (tertiary/aromatic N) is 3. The molecule has 0 spiro atoms. The van der Waals surface area contributed by atoms with E-state index in [0.29, 0.717) is 18.8 Å². The van der Waals surface area contributed by atoms with Gasteiger partial charge in [-0.3, -0.25) is 9.59 Å². The van der Waals surface area contributed by atoms with E-state index in [2.05, 4.69) is 15.3 Å². The Morgan fingerprint density at radius 3 is 2.63 bits per heavy atom. The number of hydrogen-bond donors (Lipinski definition) is 1. The molecule has 1 N–H and O–H groups in total. The van der Waals surface area contributed by atoms with Crippen LogP contribution in [0.4, 0.5) is 0 Å². The molecule has 1 unspecified atom stereocenters. The minimum Gasteiger partial charge on any atom is -0.342 e. The highest BCUT2D eigenvalue weighted by molar-refractivity contribution is 5.93. The molecule has 2 amide bonds. The predicted octanol–water partition coefficient (Wildman–Crippen LogP) is 0.492. The van der Waals surface area contributed by atoms with Crippen LogP contribution in [0.1, 0.15) is 33.0 Å². The first kappa shape index (κ1) is 13.5. The molecule has 1 aliphatic rings. The Hall–Kier alpha value is -1.98. The summed E-state index contributed by atoms with van der Waals surface area (Å²) in [6.45, 7) is 5.61. The van der Waals surface area contributed by atoms with Crippen molar-refractivity contribution in [1.82, 2.24) is 20.2 Å². The third-order valence-corrected chi connectivity index (χ3v) is 3.19. The van der Waals surface area contributed by atoms with E-state index in [1.54, 1.807) is 37.2 Å². The lowest BCUT2D eigenvalue weighted by molar-refractivity contribution is -0.139. The van der Waals surface area contributed by atoms with Crippen molar-refractivity contribution in [3.05, 3.63) is 24.3 Å². The van der Waals surface area contributed by atoms with E-state index in [-0.39, 0.29) is 17.9 Å². The molecule has 1 saturated heterocycles. The fourth-order valence-corrected chi connectivity index (χ4v) is 2.18. The van der Waals surface area contributed by atoms with Crippen molar-refractivity contribution in [3.63, 3.8) is 0 Å². The summed E-state index contributed by atoms with van der Waals surface area (Å²) in [4.78, 5) is 34.1. The topological polar surface area (TPSA) is 75.2 Å². The highest BCUT2D eigenvalue weighted by Crippen LogP contribution is 2.19. The first-order valence-electron chi connectivity index (χ1n) is 6.28. The first-order valence-corrected chi connectivity index (χ1v) is 6.28. The molecule has 1 atom stereocenters. The van der Waals surface area contributed by atoms with Gasteiger partial charge in [-0.1, -0.05) is 0 Å². The Kier molecular flexibility index (Phi) is 3.50. The number of amides is 2. The van der Waals surface area contributed by atoms with E-state index in [4.69, 9.17) is 0 Å². The van der Waals surface area contributed by atoms with Gasteiger partial charge < -0.3 is 10.2 Å². The number of hydrogen-bond acceptors (Lipinski definition) is 4. The van der Waals surface area contributed by atoms with Crippen molar-refractivity contribution in [2.75, 3.05) is 0 Å². The number of nitrogens with one attached hydrogen (secondary N) is 1. The summed E-state index contributed by atoms with van der Waals surface area (Å²) >= 11 is 0. The Bertz CT molecular complexity index is 487. The van der Waals surface area contributed by atoms with Gasteiger partial charge in [0.1, 0.15) is 11.4 Å². The van der Waals surface area contributed by atoms with Crippen LogP contribution in [-0.2, 0) is 16.1 Å². The zero-order valence-corrected chi connectivity index (χ0v) is 11.4. The molecule has 2 heterocycles. The second-order valence-corrected chi connectivity index (χ2v) is 5.32. The molecular formula is C13H18N4O2. The molecule has 0 saturated carbocycles. The van der Waals surface area contributed by atoms with Crippen LogP contribution in [0.5, 0.6) is 0 Å². The van der Waals surface area contributed by atoms with Gasteiger partial charge in [-0.15, -0.1) is 0 Å². The van der Waals surface area contributed by atoms with Gasteiger partial charge in [0.2, 0.25) is 11.8 Å². The second-order valence-electron chi connectivity index (χ2n) is 5.32. The first-order chi connectivity index (χ1) is 8.90. The van der Waals surface area contributed by atoms with Gasteiger partial charge in [0.25, 0.3) is 0 Å². The maximum atomic E-state index is 12.5. The average Bonchev–Trinajstić information content (AvgIpc) is 2.41. The van der Waals surface area contributed by atoms with Gasteiger partial charge in [-0.2, -0.15) is 0 Å². The summed E-state index contributed by atoms with van der Waals surface area (Å²) in [7, 11) is 0. The van der Waals surface area contributed by atoms with Crippen LogP contribution in [-0.4, -0.2) is 38.3 Å². The van der Waals surface area contributed by atoms with Crippen LogP contribution in [0.2, 0.25) is 0 Å². The molecule has 1 aromatic rings. The van der Waals surface area contributed by atoms with Crippen LogP contribution in [0.15, 0.2) is 18.5 Å². The number of carbonyl (C=O) groups excluding carboxylic acids is 2. The summed E-state index contributed by atoms with van der Waals surface area (Å²) < 4.78 is 0. The molecule has 6 heteroatoms. The SMILES string of the molecule is CC1CC(=O)NC(C)(C)C(=O)N1Cc1ncccn1. The minimum atomic E-state index is -0.892. The molecule has 1 aromatic heterocycles. The maximum absolute atomic E-state index is 12.5. The summed E-state index contributed by atoms with van der Waals surface area (Å²) in [5.41, 5.74) is -0.892. The third-order valence-electron chi connectivity index (χ3n) is 3.19. The van der Waals surface area contributed by atoms with E-state index in [1.807, 2.05) is 6.92 Å². The minimum absolute atomic E-state index is 0.109. The number of aromatic nitrogens is 2. The van der Waals surface area contributed by atoms with Crippen molar-refractivity contribution in [1.29, 1.82) is 0 Å². The van der Waals surface area contributed by atoms with Gasteiger partial charge in [-0.25, -0.2) is 9.97 Å². The second kappa shape index (κ2) is 4.95.